The number of aliphatic hydroxyl groups excluding tert-OH is 2. The van der Waals surface area contributed by atoms with Crippen LogP contribution in [0.2, 0.25) is 0 Å². The fourth-order valence-electron chi connectivity index (χ4n) is 6.22. The normalized spacial score (nSPS) is 15.1. The van der Waals surface area contributed by atoms with Gasteiger partial charge in [-0.2, -0.15) is 0 Å². The number of aliphatic carboxylic acids is 2. The molecule has 26 heteroatoms. The summed E-state index contributed by atoms with van der Waals surface area (Å²) in [5.41, 5.74) is 12.4. The molecule has 0 bridgehead atoms. The van der Waals surface area contributed by atoms with Gasteiger partial charge in [-0.25, -0.2) is 4.79 Å². The molecular formula is C41H61N11O15. The third-order valence-corrected chi connectivity index (χ3v) is 10.3. The van der Waals surface area contributed by atoms with Crippen molar-refractivity contribution in [2.45, 2.75) is 109 Å². The van der Waals surface area contributed by atoms with E-state index >= 15 is 0 Å². The van der Waals surface area contributed by atoms with Crippen molar-refractivity contribution in [2.75, 3.05) is 19.7 Å². The highest BCUT2D eigenvalue weighted by molar-refractivity contribution is 5.98. The number of nitrogens with one attached hydrogen (secondary N) is 9. The molecule has 0 spiro atoms. The van der Waals surface area contributed by atoms with Gasteiger partial charge >= 0.3 is 11.9 Å². The Hall–Kier alpha value is -7.19. The molecule has 9 atom stereocenters. The molecule has 2 aromatic rings. The molecule has 0 saturated carbocycles. The maximum atomic E-state index is 13.8. The maximum Gasteiger partial charge on any atom is 0.326 e. The Balaban J connectivity index is 2.15. The van der Waals surface area contributed by atoms with E-state index in [0.29, 0.717) is 12.0 Å². The smallest absolute Gasteiger partial charge is 0.326 e. The molecule has 0 aliphatic rings. The van der Waals surface area contributed by atoms with Gasteiger partial charge in [-0.15, -0.1) is 0 Å². The summed E-state index contributed by atoms with van der Waals surface area (Å²) in [6.45, 7) is 5.15. The van der Waals surface area contributed by atoms with Crippen LogP contribution in [0.15, 0.2) is 30.5 Å². The zero-order valence-electron chi connectivity index (χ0n) is 37.5. The van der Waals surface area contributed by atoms with E-state index in [1.807, 2.05) is 16.0 Å². The zero-order chi connectivity index (χ0) is 50.7. The number of H-pyrrole nitrogens is 1. The van der Waals surface area contributed by atoms with Crippen LogP contribution >= 0.6 is 0 Å². The van der Waals surface area contributed by atoms with Crippen LogP contribution in [0.5, 0.6) is 0 Å². The Morgan fingerprint density at radius 2 is 1.19 bits per heavy atom. The Morgan fingerprint density at radius 3 is 1.72 bits per heavy atom. The van der Waals surface area contributed by atoms with Gasteiger partial charge in [0.25, 0.3) is 0 Å². The summed E-state index contributed by atoms with van der Waals surface area (Å²) < 4.78 is 0. The topological polar surface area (TPSA) is 433 Å². The van der Waals surface area contributed by atoms with Gasteiger partial charge in [0.15, 0.2) is 0 Å². The summed E-state index contributed by atoms with van der Waals surface area (Å²) in [7, 11) is 0. The lowest BCUT2D eigenvalue weighted by Crippen LogP contribution is -2.60. The number of benzene rings is 1. The highest BCUT2D eigenvalue weighted by Gasteiger charge is 2.35. The molecule has 17 N–H and O–H groups in total. The zero-order valence-corrected chi connectivity index (χ0v) is 37.5. The number of amides is 9. The van der Waals surface area contributed by atoms with E-state index in [1.165, 1.54) is 0 Å². The minimum Gasteiger partial charge on any atom is -0.481 e. The SMILES string of the molecule is CC[C@H](C)[C@H](NC(=O)[C@@H](N)C(C)C)C(=O)N[C@@H](Cc1c[nH]c2ccccc12)C(=O)NCC(=O)N[C@@H](CC(=O)O)C(=O)NCC(=O)N[C@@H](CO)C(=O)N[C@H](C(=O)N[C@@H](CC(N)=O)C(=O)O)[C@@H](C)O. The summed E-state index contributed by atoms with van der Waals surface area (Å²) in [6, 6.07) is -3.58. The van der Waals surface area contributed by atoms with Crippen molar-refractivity contribution < 1.29 is 73.2 Å². The molecule has 0 radical (unpaired) electrons. The number of aromatic amines is 1. The number of carbonyl (C=O) groups excluding carboxylic acids is 9. The molecule has 1 heterocycles. The largest absolute Gasteiger partial charge is 0.481 e. The summed E-state index contributed by atoms with van der Waals surface area (Å²) in [6.07, 6.45) is -1.52. The van der Waals surface area contributed by atoms with Crippen LogP contribution in [0.3, 0.4) is 0 Å². The second kappa shape index (κ2) is 26.7. The van der Waals surface area contributed by atoms with E-state index in [4.69, 9.17) is 11.5 Å². The summed E-state index contributed by atoms with van der Waals surface area (Å²) >= 11 is 0. The number of aromatic nitrogens is 1. The number of para-hydroxylation sites is 1. The maximum absolute atomic E-state index is 13.8. The number of hydrogen-bond acceptors (Lipinski definition) is 14. The summed E-state index contributed by atoms with van der Waals surface area (Å²) in [5.74, 6) is -13.1. The van der Waals surface area contributed by atoms with Crippen molar-refractivity contribution in [3.05, 3.63) is 36.0 Å². The van der Waals surface area contributed by atoms with Gasteiger partial charge in [0.2, 0.25) is 53.2 Å². The highest BCUT2D eigenvalue weighted by Crippen LogP contribution is 2.20. The van der Waals surface area contributed by atoms with Crippen LogP contribution in [-0.2, 0) is 59.2 Å². The minimum absolute atomic E-state index is 0.0944. The molecule has 0 saturated heterocycles. The van der Waals surface area contributed by atoms with Gasteiger partial charge in [0, 0.05) is 23.5 Å². The molecule has 0 unspecified atom stereocenters. The number of carbonyl (C=O) groups is 11. The number of carboxylic acids is 2. The number of nitrogens with two attached hydrogens (primary N) is 2. The molecule has 370 valence electrons. The lowest BCUT2D eigenvalue weighted by molar-refractivity contribution is -0.144. The van der Waals surface area contributed by atoms with E-state index in [1.54, 1.807) is 58.2 Å². The first-order valence-electron chi connectivity index (χ1n) is 21.1. The van der Waals surface area contributed by atoms with Crippen LogP contribution < -0.4 is 54.0 Å². The molecule has 0 fully saturated rings. The van der Waals surface area contributed by atoms with Gasteiger partial charge in [0.05, 0.1) is 44.7 Å². The number of carboxylic acid groups (broad SMARTS) is 2. The first-order valence-corrected chi connectivity index (χ1v) is 21.1. The number of primary amides is 1. The summed E-state index contributed by atoms with van der Waals surface area (Å²) in [5, 5.41) is 57.2. The Kier molecular flexibility index (Phi) is 22.3. The van der Waals surface area contributed by atoms with Crippen molar-refractivity contribution in [2.24, 2.45) is 23.3 Å². The molecule has 1 aromatic heterocycles. The minimum atomic E-state index is -1.86. The van der Waals surface area contributed by atoms with E-state index in [-0.39, 0.29) is 12.3 Å². The van der Waals surface area contributed by atoms with Crippen LogP contribution in [0.4, 0.5) is 0 Å². The molecule has 2 rings (SSSR count). The van der Waals surface area contributed by atoms with E-state index in [9.17, 15) is 73.2 Å². The molecule has 0 aliphatic carbocycles. The monoisotopic (exact) mass is 947 g/mol. The van der Waals surface area contributed by atoms with Crippen molar-refractivity contribution in [3.8, 4) is 0 Å². The van der Waals surface area contributed by atoms with Crippen molar-refractivity contribution in [1.82, 2.24) is 47.5 Å². The standard InChI is InChI=1S/C41H61N11O15/c1-6-19(4)33(51-38(63)32(43)18(2)3)39(64)49-24(11-21-14-44-23-10-8-7-9-22(21)23)35(60)45-15-29(56)47-25(13-31(58)59)36(61)46-16-30(57)48-27(17-53)37(62)52-34(20(5)54)40(65)50-26(41(66)67)12-28(42)55/h7-10,14,18-20,24-27,32-34,44,53-54H,6,11-13,15-17,43H2,1-5H3,(H2,42,55)(H,45,60)(H,46,61)(H,47,56)(H,48,57)(H,49,64)(H,50,65)(H,51,63)(H,52,62)(H,58,59)(H,66,67)/t19-,20+,24-,25-,26-,27-,32-,33-,34-/m0/s1. The van der Waals surface area contributed by atoms with Crippen LogP contribution in [0.1, 0.15) is 59.4 Å². The van der Waals surface area contributed by atoms with Crippen molar-refractivity contribution >= 4 is 76.0 Å². The third-order valence-electron chi connectivity index (χ3n) is 10.3. The van der Waals surface area contributed by atoms with E-state index in [0.717, 1.165) is 17.8 Å². The van der Waals surface area contributed by atoms with E-state index in [2.05, 4.69) is 31.6 Å². The predicted molar refractivity (Wildman–Crippen MR) is 234 cm³/mol. The second-order valence-corrected chi connectivity index (χ2v) is 16.0. The van der Waals surface area contributed by atoms with Crippen LogP contribution in [0.25, 0.3) is 10.9 Å². The van der Waals surface area contributed by atoms with Gasteiger partial charge in [-0.1, -0.05) is 52.3 Å². The number of aliphatic hydroxyl groups is 2. The number of hydrogen-bond donors (Lipinski definition) is 15. The Labute approximate surface area is 383 Å². The third kappa shape index (κ3) is 18.0. The van der Waals surface area contributed by atoms with Crippen molar-refractivity contribution in [3.63, 3.8) is 0 Å². The van der Waals surface area contributed by atoms with Crippen LogP contribution in [0, 0.1) is 11.8 Å². The average molecular weight is 948 g/mol. The first-order chi connectivity index (χ1) is 31.4. The van der Waals surface area contributed by atoms with Gasteiger partial charge in [-0.3, -0.25) is 47.9 Å². The summed E-state index contributed by atoms with van der Waals surface area (Å²) in [4.78, 5) is 142. The molecule has 9 amide bonds. The first kappa shape index (κ1) is 55.9. The predicted octanol–water partition coefficient (Wildman–Crippen LogP) is -5.31. The number of rotatable bonds is 28. The fraction of sp³-hybridized carbons (Fsp3) is 0.537. The van der Waals surface area contributed by atoms with Gasteiger partial charge < -0.3 is 79.4 Å². The number of fused-ring (bicyclic) bond motifs is 1. The fourth-order valence-corrected chi connectivity index (χ4v) is 6.22. The second-order valence-electron chi connectivity index (χ2n) is 16.0. The molecule has 26 nitrogen and oxygen atoms in total. The lowest BCUT2D eigenvalue weighted by Gasteiger charge is -2.28. The molecule has 0 aliphatic heterocycles. The quantitative estimate of drug-likeness (QED) is 0.0379. The average Bonchev–Trinajstić information content (AvgIpc) is 3.67. The Morgan fingerprint density at radius 1 is 0.657 bits per heavy atom. The van der Waals surface area contributed by atoms with Crippen LogP contribution in [-0.4, -0.2) is 159 Å². The lowest BCUT2D eigenvalue weighted by atomic mass is 9.96. The van der Waals surface area contributed by atoms with Gasteiger partial charge in [0.1, 0.15) is 36.3 Å². The van der Waals surface area contributed by atoms with Crippen molar-refractivity contribution in [1.29, 1.82) is 0 Å². The van der Waals surface area contributed by atoms with E-state index < -0.39 is 152 Å². The molecule has 1 aromatic carbocycles. The molecule has 67 heavy (non-hydrogen) atoms. The highest BCUT2D eigenvalue weighted by atomic mass is 16.4. The van der Waals surface area contributed by atoms with Gasteiger partial charge in [-0.05, 0) is 30.4 Å². The Bertz CT molecular complexity index is 2130. The molecular weight excluding hydrogens is 887 g/mol.